The molecule has 0 bridgehead atoms. The van der Waals surface area contributed by atoms with Crippen LogP contribution in [0.3, 0.4) is 0 Å². The zero-order valence-electron chi connectivity index (χ0n) is 13.1. The summed E-state index contributed by atoms with van der Waals surface area (Å²) in [5.41, 5.74) is 2.39. The Labute approximate surface area is 129 Å². The van der Waals surface area contributed by atoms with Gasteiger partial charge in [-0.3, -0.25) is 9.59 Å². The molecule has 1 aromatic heterocycles. The first kappa shape index (κ1) is 14.6. The summed E-state index contributed by atoms with van der Waals surface area (Å²) in [5, 5.41) is 2.81. The highest BCUT2D eigenvalue weighted by Crippen LogP contribution is 2.19. The molecule has 1 aliphatic rings. The molecule has 2 aromatic rings. The molecule has 1 N–H and O–H groups in total. The van der Waals surface area contributed by atoms with Gasteiger partial charge in [0.2, 0.25) is 5.91 Å². The number of carbonyl (C=O) groups excluding carboxylic acids is 2. The van der Waals surface area contributed by atoms with Crippen molar-refractivity contribution in [1.82, 2.24) is 19.8 Å². The normalized spacial score (nSPS) is 18.6. The number of benzene rings is 1. The molecule has 6 nitrogen and oxygen atoms in total. The molecular formula is C16H20N4O2. The summed E-state index contributed by atoms with van der Waals surface area (Å²) in [7, 11) is 1.95. The minimum absolute atomic E-state index is 0.0724. The second-order valence-corrected chi connectivity index (χ2v) is 5.64. The van der Waals surface area contributed by atoms with Crippen LogP contribution in [0.5, 0.6) is 0 Å². The molecule has 0 saturated carbocycles. The summed E-state index contributed by atoms with van der Waals surface area (Å²) in [4.78, 5) is 30.8. The van der Waals surface area contributed by atoms with E-state index in [1.807, 2.05) is 43.7 Å². The van der Waals surface area contributed by atoms with E-state index in [2.05, 4.69) is 10.3 Å². The molecule has 0 radical (unpaired) electrons. The summed E-state index contributed by atoms with van der Waals surface area (Å²) in [6.45, 7) is 4.90. The molecule has 2 amide bonds. The quantitative estimate of drug-likeness (QED) is 0.907. The smallest absolute Gasteiger partial charge is 0.254 e. The van der Waals surface area contributed by atoms with Gasteiger partial charge in [0.05, 0.1) is 11.0 Å². The third-order valence-electron chi connectivity index (χ3n) is 4.33. The number of nitrogens with zero attached hydrogens (tertiary/aromatic N) is 3. The number of aryl methyl sites for hydroxylation is 2. The summed E-state index contributed by atoms with van der Waals surface area (Å²) < 4.78 is 1.99. The van der Waals surface area contributed by atoms with Crippen LogP contribution >= 0.6 is 0 Å². The van der Waals surface area contributed by atoms with Gasteiger partial charge >= 0.3 is 0 Å². The standard InChI is InChI=1S/C16H20N4O2/c1-4-13-15(21)17-7-8-20(13)16(22)11-5-6-14-12(9-11)18-10(2)19(14)3/h5-6,9,13H,4,7-8H2,1-3H3,(H,17,21). The molecule has 1 atom stereocenters. The topological polar surface area (TPSA) is 67.2 Å². The van der Waals surface area contributed by atoms with Crippen LogP contribution in [0.1, 0.15) is 29.5 Å². The number of nitrogens with one attached hydrogen (secondary N) is 1. The van der Waals surface area contributed by atoms with Crippen LogP contribution in [0.2, 0.25) is 0 Å². The van der Waals surface area contributed by atoms with Gasteiger partial charge < -0.3 is 14.8 Å². The number of carbonyl (C=O) groups is 2. The van der Waals surface area contributed by atoms with E-state index in [-0.39, 0.29) is 17.9 Å². The number of fused-ring (bicyclic) bond motifs is 1. The summed E-state index contributed by atoms with van der Waals surface area (Å²) in [6, 6.07) is 5.14. The predicted octanol–water partition coefficient (Wildman–Crippen LogP) is 1.23. The van der Waals surface area contributed by atoms with E-state index in [0.717, 1.165) is 16.9 Å². The summed E-state index contributed by atoms with van der Waals surface area (Å²) in [6.07, 6.45) is 0.614. The van der Waals surface area contributed by atoms with Crippen LogP contribution in [0.25, 0.3) is 11.0 Å². The predicted molar refractivity (Wildman–Crippen MR) is 83.6 cm³/mol. The Morgan fingerprint density at radius 1 is 1.45 bits per heavy atom. The highest BCUT2D eigenvalue weighted by atomic mass is 16.2. The van der Waals surface area contributed by atoms with Crippen LogP contribution in [-0.4, -0.2) is 45.4 Å². The van der Waals surface area contributed by atoms with Gasteiger partial charge in [-0.1, -0.05) is 6.92 Å². The SMILES string of the molecule is CCC1C(=O)NCCN1C(=O)c1ccc2c(c1)nc(C)n2C. The zero-order chi connectivity index (χ0) is 15.9. The van der Waals surface area contributed by atoms with E-state index < -0.39 is 0 Å². The van der Waals surface area contributed by atoms with Crippen molar-refractivity contribution in [3.05, 3.63) is 29.6 Å². The molecule has 116 valence electrons. The summed E-state index contributed by atoms with van der Waals surface area (Å²) in [5.74, 6) is 0.729. The molecule has 1 aromatic carbocycles. The Balaban J connectivity index is 1.96. The molecule has 1 saturated heterocycles. The Morgan fingerprint density at radius 2 is 2.23 bits per heavy atom. The first-order chi connectivity index (χ1) is 10.5. The Hall–Kier alpha value is -2.37. The van der Waals surface area contributed by atoms with Crippen molar-refractivity contribution in [2.75, 3.05) is 13.1 Å². The van der Waals surface area contributed by atoms with E-state index in [0.29, 0.717) is 25.1 Å². The van der Waals surface area contributed by atoms with Crippen molar-refractivity contribution >= 4 is 22.8 Å². The lowest BCUT2D eigenvalue weighted by Crippen LogP contribution is -2.56. The fourth-order valence-corrected chi connectivity index (χ4v) is 2.98. The lowest BCUT2D eigenvalue weighted by atomic mass is 10.1. The maximum atomic E-state index is 12.8. The first-order valence-corrected chi connectivity index (χ1v) is 7.54. The van der Waals surface area contributed by atoms with Crippen LogP contribution in [-0.2, 0) is 11.8 Å². The molecule has 22 heavy (non-hydrogen) atoms. The molecule has 0 spiro atoms. The average Bonchev–Trinajstić information content (AvgIpc) is 2.80. The van der Waals surface area contributed by atoms with Gasteiger partial charge in [-0.05, 0) is 31.5 Å². The fraction of sp³-hybridized carbons (Fsp3) is 0.438. The van der Waals surface area contributed by atoms with Crippen LogP contribution in [0.4, 0.5) is 0 Å². The number of amides is 2. The maximum Gasteiger partial charge on any atom is 0.254 e. The average molecular weight is 300 g/mol. The van der Waals surface area contributed by atoms with E-state index >= 15 is 0 Å². The van der Waals surface area contributed by atoms with Gasteiger partial charge in [0.1, 0.15) is 11.9 Å². The second-order valence-electron chi connectivity index (χ2n) is 5.64. The fourth-order valence-electron chi connectivity index (χ4n) is 2.98. The molecule has 2 heterocycles. The minimum Gasteiger partial charge on any atom is -0.353 e. The molecule has 3 rings (SSSR count). The number of aromatic nitrogens is 2. The molecule has 0 aliphatic carbocycles. The van der Waals surface area contributed by atoms with Crippen molar-refractivity contribution < 1.29 is 9.59 Å². The van der Waals surface area contributed by atoms with Crippen molar-refractivity contribution in [3.63, 3.8) is 0 Å². The van der Waals surface area contributed by atoms with Crippen molar-refractivity contribution in [2.45, 2.75) is 26.3 Å². The van der Waals surface area contributed by atoms with Crippen LogP contribution in [0.15, 0.2) is 18.2 Å². The van der Waals surface area contributed by atoms with Crippen LogP contribution in [0, 0.1) is 6.92 Å². The van der Waals surface area contributed by atoms with E-state index in [1.54, 1.807) is 4.90 Å². The van der Waals surface area contributed by atoms with E-state index in [9.17, 15) is 9.59 Å². The molecule has 1 aliphatic heterocycles. The number of hydrogen-bond acceptors (Lipinski definition) is 3. The Kier molecular flexibility index (Phi) is 3.60. The Bertz CT molecular complexity index is 750. The molecule has 1 unspecified atom stereocenters. The van der Waals surface area contributed by atoms with E-state index in [4.69, 9.17) is 0 Å². The maximum absolute atomic E-state index is 12.8. The van der Waals surface area contributed by atoms with Gasteiger partial charge in [-0.25, -0.2) is 4.98 Å². The van der Waals surface area contributed by atoms with Gasteiger partial charge in [0.25, 0.3) is 5.91 Å². The van der Waals surface area contributed by atoms with Gasteiger partial charge in [0, 0.05) is 25.7 Å². The number of hydrogen-bond donors (Lipinski definition) is 1. The minimum atomic E-state index is -0.387. The third-order valence-corrected chi connectivity index (χ3v) is 4.33. The van der Waals surface area contributed by atoms with Crippen LogP contribution < -0.4 is 5.32 Å². The third kappa shape index (κ3) is 2.24. The second kappa shape index (κ2) is 5.44. The van der Waals surface area contributed by atoms with Crippen molar-refractivity contribution in [1.29, 1.82) is 0 Å². The van der Waals surface area contributed by atoms with Gasteiger partial charge in [-0.2, -0.15) is 0 Å². The first-order valence-electron chi connectivity index (χ1n) is 7.54. The molecule has 1 fully saturated rings. The number of imidazole rings is 1. The van der Waals surface area contributed by atoms with Crippen molar-refractivity contribution in [3.8, 4) is 0 Å². The lowest BCUT2D eigenvalue weighted by molar-refractivity contribution is -0.127. The van der Waals surface area contributed by atoms with Crippen molar-refractivity contribution in [2.24, 2.45) is 7.05 Å². The van der Waals surface area contributed by atoms with Gasteiger partial charge in [-0.15, -0.1) is 0 Å². The largest absolute Gasteiger partial charge is 0.353 e. The number of piperazine rings is 1. The zero-order valence-corrected chi connectivity index (χ0v) is 13.1. The van der Waals surface area contributed by atoms with Gasteiger partial charge in [0.15, 0.2) is 0 Å². The Morgan fingerprint density at radius 3 is 2.95 bits per heavy atom. The molecular weight excluding hydrogens is 280 g/mol. The van der Waals surface area contributed by atoms with E-state index in [1.165, 1.54) is 0 Å². The highest BCUT2D eigenvalue weighted by molar-refractivity contribution is 6.00. The lowest BCUT2D eigenvalue weighted by Gasteiger charge is -2.34. The molecule has 6 heteroatoms. The monoisotopic (exact) mass is 300 g/mol. The summed E-state index contributed by atoms with van der Waals surface area (Å²) >= 11 is 0. The highest BCUT2D eigenvalue weighted by Gasteiger charge is 2.32. The number of rotatable bonds is 2.